The predicted octanol–water partition coefficient (Wildman–Crippen LogP) is 1.37. The number of nitriles is 2. The molecule has 0 fully saturated rings. The molecule has 0 N–H and O–H groups in total. The molecule has 0 unspecified atom stereocenters. The van der Waals surface area contributed by atoms with Gasteiger partial charge in [0.15, 0.2) is 0 Å². The van der Waals surface area contributed by atoms with Crippen molar-refractivity contribution in [2.24, 2.45) is 0 Å². The Kier molecular flexibility index (Phi) is 5.37. The minimum absolute atomic E-state index is 0.0555. The van der Waals surface area contributed by atoms with Gasteiger partial charge in [-0.2, -0.15) is 10.5 Å². The van der Waals surface area contributed by atoms with E-state index in [4.69, 9.17) is 10.5 Å². The fraction of sp³-hybridized carbons (Fsp3) is 0.357. The first-order valence-electron chi connectivity index (χ1n) is 5.90. The molecular formula is C14H16N4O. The molecule has 1 aromatic carbocycles. The van der Waals surface area contributed by atoms with Gasteiger partial charge in [0.25, 0.3) is 0 Å². The zero-order valence-corrected chi connectivity index (χ0v) is 11.1. The number of likely N-dealkylation sites (N-methyl/N-ethyl adjacent to an activating group) is 2. The van der Waals surface area contributed by atoms with E-state index in [2.05, 4.69) is 6.07 Å². The molecule has 1 rings (SSSR count). The van der Waals surface area contributed by atoms with Gasteiger partial charge in [-0.1, -0.05) is 6.07 Å². The van der Waals surface area contributed by atoms with Crippen LogP contribution in [0.5, 0.6) is 0 Å². The molecule has 5 nitrogen and oxygen atoms in total. The first-order valence-corrected chi connectivity index (χ1v) is 5.90. The molecule has 98 valence electrons. The van der Waals surface area contributed by atoms with E-state index in [0.29, 0.717) is 18.5 Å². The number of hydrogen-bond acceptors (Lipinski definition) is 4. The van der Waals surface area contributed by atoms with Crippen LogP contribution in [0.1, 0.15) is 12.0 Å². The fourth-order valence-corrected chi connectivity index (χ4v) is 1.57. The Bertz CT molecular complexity index is 527. The number of carbonyl (C=O) groups excluding carboxylic acids is 1. The highest BCUT2D eigenvalue weighted by Gasteiger charge is 2.12. The maximum absolute atomic E-state index is 11.9. The van der Waals surface area contributed by atoms with Crippen LogP contribution in [-0.4, -0.2) is 38.0 Å². The molecule has 0 aliphatic heterocycles. The van der Waals surface area contributed by atoms with Crippen LogP contribution in [0.4, 0.5) is 5.69 Å². The molecule has 0 saturated heterocycles. The molecular weight excluding hydrogens is 240 g/mol. The number of anilines is 1. The number of amides is 1. The highest BCUT2D eigenvalue weighted by atomic mass is 16.2. The summed E-state index contributed by atoms with van der Waals surface area (Å²) in [5, 5.41) is 17.3. The van der Waals surface area contributed by atoms with Crippen molar-refractivity contribution in [3.63, 3.8) is 0 Å². The smallest absolute Gasteiger partial charge is 0.241 e. The standard InChI is InChI=1S/C14H16N4O/c1-17(8-4-7-15)14(19)11-18(2)13-6-3-5-12(9-13)10-16/h3,5-6,9H,4,8,11H2,1-2H3. The SMILES string of the molecule is CN(CCC#N)C(=O)CN(C)c1cccc(C#N)c1. The van der Waals surface area contributed by atoms with Crippen molar-refractivity contribution < 1.29 is 4.79 Å². The van der Waals surface area contributed by atoms with Crippen molar-refractivity contribution in [1.82, 2.24) is 4.90 Å². The van der Waals surface area contributed by atoms with Gasteiger partial charge >= 0.3 is 0 Å². The number of rotatable bonds is 5. The van der Waals surface area contributed by atoms with Gasteiger partial charge in [-0.05, 0) is 18.2 Å². The summed E-state index contributed by atoms with van der Waals surface area (Å²) in [6.07, 6.45) is 0.329. The van der Waals surface area contributed by atoms with Gasteiger partial charge in [0.1, 0.15) is 0 Å². The first-order chi connectivity index (χ1) is 9.08. The average Bonchev–Trinajstić information content (AvgIpc) is 2.44. The molecule has 0 aliphatic carbocycles. The van der Waals surface area contributed by atoms with Crippen LogP contribution in [-0.2, 0) is 4.79 Å². The Hall–Kier alpha value is -2.53. The topological polar surface area (TPSA) is 71.1 Å². The van der Waals surface area contributed by atoms with Crippen LogP contribution < -0.4 is 4.90 Å². The molecule has 0 bridgehead atoms. The van der Waals surface area contributed by atoms with E-state index in [9.17, 15) is 4.79 Å². The molecule has 0 aliphatic rings. The van der Waals surface area contributed by atoms with E-state index in [-0.39, 0.29) is 12.5 Å². The zero-order valence-electron chi connectivity index (χ0n) is 11.1. The summed E-state index contributed by atoms with van der Waals surface area (Å²) in [5.74, 6) is -0.0555. The third kappa shape index (κ3) is 4.33. The van der Waals surface area contributed by atoms with Crippen LogP contribution in [0.3, 0.4) is 0 Å². The summed E-state index contributed by atoms with van der Waals surface area (Å²) in [6.45, 7) is 0.651. The highest BCUT2D eigenvalue weighted by Crippen LogP contribution is 2.14. The Balaban J connectivity index is 2.64. The predicted molar refractivity (Wildman–Crippen MR) is 72.3 cm³/mol. The summed E-state index contributed by atoms with van der Waals surface area (Å²) in [6, 6.07) is 11.2. The molecule has 0 saturated carbocycles. The molecule has 5 heteroatoms. The molecule has 1 aromatic rings. The van der Waals surface area contributed by atoms with E-state index >= 15 is 0 Å². The Morgan fingerprint density at radius 3 is 2.68 bits per heavy atom. The minimum atomic E-state index is -0.0555. The van der Waals surface area contributed by atoms with Crippen molar-refractivity contribution in [2.75, 3.05) is 32.1 Å². The van der Waals surface area contributed by atoms with E-state index < -0.39 is 0 Å². The van der Waals surface area contributed by atoms with Crippen molar-refractivity contribution >= 4 is 11.6 Å². The second-order valence-corrected chi connectivity index (χ2v) is 4.24. The van der Waals surface area contributed by atoms with Crippen LogP contribution >= 0.6 is 0 Å². The van der Waals surface area contributed by atoms with Gasteiger partial charge in [-0.25, -0.2) is 0 Å². The molecule has 0 aromatic heterocycles. The molecule has 0 spiro atoms. The number of benzene rings is 1. The molecule has 0 heterocycles. The summed E-state index contributed by atoms with van der Waals surface area (Å²) in [7, 11) is 3.48. The average molecular weight is 256 g/mol. The van der Waals surface area contributed by atoms with Crippen LogP contribution in [0.25, 0.3) is 0 Å². The van der Waals surface area contributed by atoms with Crippen molar-refractivity contribution in [3.8, 4) is 12.1 Å². The Morgan fingerprint density at radius 1 is 1.32 bits per heavy atom. The summed E-state index contributed by atoms with van der Waals surface area (Å²) < 4.78 is 0. The molecule has 1 amide bonds. The normalized spacial score (nSPS) is 9.26. The van der Waals surface area contributed by atoms with Crippen molar-refractivity contribution in [3.05, 3.63) is 29.8 Å². The van der Waals surface area contributed by atoms with Crippen LogP contribution in [0, 0.1) is 22.7 Å². The van der Waals surface area contributed by atoms with Gasteiger partial charge in [-0.15, -0.1) is 0 Å². The second kappa shape index (κ2) is 7.03. The Labute approximate surface area is 113 Å². The fourth-order valence-electron chi connectivity index (χ4n) is 1.57. The number of carbonyl (C=O) groups is 1. The lowest BCUT2D eigenvalue weighted by Gasteiger charge is -2.22. The van der Waals surface area contributed by atoms with Gasteiger partial charge in [0.2, 0.25) is 5.91 Å². The van der Waals surface area contributed by atoms with Crippen molar-refractivity contribution in [1.29, 1.82) is 10.5 Å². The lowest BCUT2D eigenvalue weighted by Crippen LogP contribution is -2.37. The quantitative estimate of drug-likeness (QED) is 0.797. The third-order valence-electron chi connectivity index (χ3n) is 2.77. The van der Waals surface area contributed by atoms with E-state index in [1.807, 2.05) is 12.1 Å². The monoisotopic (exact) mass is 256 g/mol. The maximum atomic E-state index is 11.9. The number of nitrogens with zero attached hydrogens (tertiary/aromatic N) is 4. The highest BCUT2D eigenvalue weighted by molar-refractivity contribution is 5.81. The van der Waals surface area contributed by atoms with Crippen LogP contribution in [0.2, 0.25) is 0 Å². The second-order valence-electron chi connectivity index (χ2n) is 4.24. The first kappa shape index (κ1) is 14.5. The van der Waals surface area contributed by atoms with E-state index in [1.165, 1.54) is 4.90 Å². The maximum Gasteiger partial charge on any atom is 0.241 e. The minimum Gasteiger partial charge on any atom is -0.365 e. The Morgan fingerprint density at radius 2 is 2.05 bits per heavy atom. The van der Waals surface area contributed by atoms with E-state index in [0.717, 1.165) is 5.69 Å². The van der Waals surface area contributed by atoms with Crippen molar-refractivity contribution in [2.45, 2.75) is 6.42 Å². The van der Waals surface area contributed by atoms with Gasteiger partial charge in [0, 0.05) is 26.3 Å². The molecule has 19 heavy (non-hydrogen) atoms. The zero-order chi connectivity index (χ0) is 14.3. The lowest BCUT2D eigenvalue weighted by molar-refractivity contribution is -0.128. The van der Waals surface area contributed by atoms with Gasteiger partial charge in [-0.3, -0.25) is 4.79 Å². The van der Waals surface area contributed by atoms with E-state index in [1.54, 1.807) is 37.2 Å². The number of hydrogen-bond donors (Lipinski definition) is 0. The molecule has 0 radical (unpaired) electrons. The molecule has 0 atom stereocenters. The van der Waals surface area contributed by atoms with Crippen LogP contribution in [0.15, 0.2) is 24.3 Å². The summed E-state index contributed by atoms with van der Waals surface area (Å²) in [5.41, 5.74) is 1.38. The lowest BCUT2D eigenvalue weighted by atomic mass is 10.2. The summed E-state index contributed by atoms with van der Waals surface area (Å²) >= 11 is 0. The van der Waals surface area contributed by atoms with Gasteiger partial charge in [0.05, 0.1) is 30.7 Å². The largest absolute Gasteiger partial charge is 0.365 e. The summed E-state index contributed by atoms with van der Waals surface area (Å²) in [4.78, 5) is 15.2. The van der Waals surface area contributed by atoms with Gasteiger partial charge < -0.3 is 9.80 Å². The third-order valence-corrected chi connectivity index (χ3v) is 2.77.